The van der Waals surface area contributed by atoms with Crippen LogP contribution in [-0.2, 0) is 9.53 Å². The number of hydrogen-bond acceptors (Lipinski definition) is 6. The van der Waals surface area contributed by atoms with Crippen LogP contribution in [0.4, 0.5) is 0 Å². The molecule has 0 spiro atoms. The monoisotopic (exact) mass is 264 g/mol. The molecule has 6 heteroatoms. The standard InChI is InChI=1S/C13H16N2O4/c1-2-17-13(16)9-6-14-15-12(9)8-3-4-10-11(5-8)19-7-18-10/h3-5,9,12,14-15H,2,6-7H2,1H3. The molecule has 1 aromatic rings. The summed E-state index contributed by atoms with van der Waals surface area (Å²) in [5, 5.41) is 0. The second kappa shape index (κ2) is 5.07. The fourth-order valence-corrected chi connectivity index (χ4v) is 2.39. The van der Waals surface area contributed by atoms with Gasteiger partial charge in [-0.25, -0.2) is 5.43 Å². The van der Waals surface area contributed by atoms with Gasteiger partial charge in [-0.3, -0.25) is 10.2 Å². The number of nitrogens with one attached hydrogen (secondary N) is 2. The van der Waals surface area contributed by atoms with Crippen molar-refractivity contribution >= 4 is 5.97 Å². The van der Waals surface area contributed by atoms with Crippen LogP contribution in [0.25, 0.3) is 0 Å². The van der Waals surface area contributed by atoms with Gasteiger partial charge in [0.1, 0.15) is 0 Å². The number of fused-ring (bicyclic) bond motifs is 1. The summed E-state index contributed by atoms with van der Waals surface area (Å²) < 4.78 is 15.7. The van der Waals surface area contributed by atoms with Crippen LogP contribution < -0.4 is 20.3 Å². The maximum atomic E-state index is 11.9. The molecule has 0 bridgehead atoms. The molecule has 1 fully saturated rings. The summed E-state index contributed by atoms with van der Waals surface area (Å²) in [7, 11) is 0. The van der Waals surface area contributed by atoms with Gasteiger partial charge in [-0.1, -0.05) is 6.07 Å². The van der Waals surface area contributed by atoms with Crippen molar-refractivity contribution < 1.29 is 19.0 Å². The molecule has 2 aliphatic rings. The van der Waals surface area contributed by atoms with Crippen molar-refractivity contribution in [3.63, 3.8) is 0 Å². The van der Waals surface area contributed by atoms with Crippen molar-refractivity contribution in [3.05, 3.63) is 23.8 Å². The van der Waals surface area contributed by atoms with Gasteiger partial charge in [0.25, 0.3) is 0 Å². The van der Waals surface area contributed by atoms with E-state index in [9.17, 15) is 4.79 Å². The molecule has 1 aromatic carbocycles. The molecule has 2 aliphatic heterocycles. The Labute approximate surface area is 111 Å². The van der Waals surface area contributed by atoms with Crippen LogP contribution in [0.5, 0.6) is 11.5 Å². The average Bonchev–Trinajstić information content (AvgIpc) is 3.07. The Balaban J connectivity index is 1.82. The lowest BCUT2D eigenvalue weighted by atomic mass is 9.95. The summed E-state index contributed by atoms with van der Waals surface area (Å²) in [6.07, 6.45) is 0. The maximum Gasteiger partial charge on any atom is 0.312 e. The van der Waals surface area contributed by atoms with E-state index in [0.29, 0.717) is 18.9 Å². The molecule has 2 atom stereocenters. The molecular weight excluding hydrogens is 248 g/mol. The summed E-state index contributed by atoms with van der Waals surface area (Å²) in [6, 6.07) is 5.58. The SMILES string of the molecule is CCOC(=O)C1CNNC1c1ccc2c(c1)OCO2. The Morgan fingerprint density at radius 2 is 2.26 bits per heavy atom. The van der Waals surface area contributed by atoms with Crippen LogP contribution in [0.1, 0.15) is 18.5 Å². The van der Waals surface area contributed by atoms with E-state index in [2.05, 4.69) is 10.9 Å². The number of rotatable bonds is 3. The van der Waals surface area contributed by atoms with Gasteiger partial charge in [0.15, 0.2) is 11.5 Å². The van der Waals surface area contributed by atoms with Crippen molar-refractivity contribution in [2.24, 2.45) is 5.92 Å². The lowest BCUT2D eigenvalue weighted by molar-refractivity contribution is -0.147. The van der Waals surface area contributed by atoms with Gasteiger partial charge >= 0.3 is 5.97 Å². The number of hydrogen-bond donors (Lipinski definition) is 2. The summed E-state index contributed by atoms with van der Waals surface area (Å²) in [5.41, 5.74) is 7.09. The maximum absolute atomic E-state index is 11.9. The van der Waals surface area contributed by atoms with Crippen molar-refractivity contribution in [1.29, 1.82) is 0 Å². The van der Waals surface area contributed by atoms with E-state index in [0.717, 1.165) is 11.3 Å². The van der Waals surface area contributed by atoms with Gasteiger partial charge < -0.3 is 14.2 Å². The Kier molecular flexibility index (Phi) is 3.27. The van der Waals surface area contributed by atoms with Gasteiger partial charge in [0.2, 0.25) is 6.79 Å². The Morgan fingerprint density at radius 1 is 1.42 bits per heavy atom. The van der Waals surface area contributed by atoms with Crippen LogP contribution in [0.2, 0.25) is 0 Å². The largest absolute Gasteiger partial charge is 0.466 e. The zero-order valence-electron chi connectivity index (χ0n) is 10.6. The van der Waals surface area contributed by atoms with Gasteiger partial charge in [0, 0.05) is 6.54 Å². The summed E-state index contributed by atoms with van der Waals surface area (Å²) in [6.45, 7) is 3.00. The number of carbonyl (C=O) groups is 1. The summed E-state index contributed by atoms with van der Waals surface area (Å²) in [4.78, 5) is 11.9. The molecule has 0 radical (unpaired) electrons. The van der Waals surface area contributed by atoms with E-state index in [1.165, 1.54) is 0 Å². The van der Waals surface area contributed by atoms with Crippen molar-refractivity contribution in [2.75, 3.05) is 19.9 Å². The summed E-state index contributed by atoms with van der Waals surface area (Å²) >= 11 is 0. The summed E-state index contributed by atoms with van der Waals surface area (Å²) in [5.74, 6) is 1.03. The van der Waals surface area contributed by atoms with Crippen LogP contribution in [0.15, 0.2) is 18.2 Å². The highest BCUT2D eigenvalue weighted by molar-refractivity contribution is 5.74. The van der Waals surface area contributed by atoms with E-state index >= 15 is 0 Å². The minimum absolute atomic E-state index is 0.117. The molecule has 0 amide bonds. The molecule has 2 unspecified atom stereocenters. The number of carbonyl (C=O) groups excluding carboxylic acids is 1. The Hall–Kier alpha value is -1.79. The Morgan fingerprint density at radius 3 is 3.11 bits per heavy atom. The third kappa shape index (κ3) is 2.24. The molecule has 0 saturated carbocycles. The molecule has 0 aromatic heterocycles. The van der Waals surface area contributed by atoms with Crippen LogP contribution in [-0.4, -0.2) is 25.9 Å². The number of benzene rings is 1. The van der Waals surface area contributed by atoms with E-state index in [4.69, 9.17) is 14.2 Å². The van der Waals surface area contributed by atoms with Crippen LogP contribution in [0, 0.1) is 5.92 Å². The topological polar surface area (TPSA) is 68.8 Å². The quantitative estimate of drug-likeness (QED) is 0.785. The third-order valence-corrected chi connectivity index (χ3v) is 3.33. The van der Waals surface area contributed by atoms with Gasteiger partial charge in [-0.15, -0.1) is 0 Å². The first-order valence-electron chi connectivity index (χ1n) is 6.34. The zero-order chi connectivity index (χ0) is 13.2. The second-order valence-corrected chi connectivity index (χ2v) is 4.47. The number of esters is 1. The molecule has 0 aliphatic carbocycles. The van der Waals surface area contributed by atoms with Crippen molar-refractivity contribution in [1.82, 2.24) is 10.9 Å². The van der Waals surface area contributed by atoms with Crippen LogP contribution in [0.3, 0.4) is 0 Å². The molecule has 6 nitrogen and oxygen atoms in total. The fourth-order valence-electron chi connectivity index (χ4n) is 2.39. The molecule has 102 valence electrons. The normalized spacial score (nSPS) is 24.5. The lowest BCUT2D eigenvalue weighted by Crippen LogP contribution is -2.27. The highest BCUT2D eigenvalue weighted by Gasteiger charge is 2.35. The molecule has 1 saturated heterocycles. The van der Waals surface area contributed by atoms with Crippen LogP contribution >= 0.6 is 0 Å². The number of ether oxygens (including phenoxy) is 3. The van der Waals surface area contributed by atoms with E-state index in [1.54, 1.807) is 0 Å². The first kappa shape index (κ1) is 12.3. The van der Waals surface area contributed by atoms with E-state index in [1.807, 2.05) is 25.1 Å². The van der Waals surface area contributed by atoms with Crippen molar-refractivity contribution in [2.45, 2.75) is 13.0 Å². The van der Waals surface area contributed by atoms with Gasteiger partial charge in [-0.2, -0.15) is 0 Å². The first-order valence-corrected chi connectivity index (χ1v) is 6.34. The highest BCUT2D eigenvalue weighted by atomic mass is 16.7. The fraction of sp³-hybridized carbons (Fsp3) is 0.462. The molecule has 3 rings (SSSR count). The molecule has 19 heavy (non-hydrogen) atoms. The second-order valence-electron chi connectivity index (χ2n) is 4.47. The molecule has 2 N–H and O–H groups in total. The smallest absolute Gasteiger partial charge is 0.312 e. The predicted molar refractivity (Wildman–Crippen MR) is 66.6 cm³/mol. The van der Waals surface area contributed by atoms with Gasteiger partial charge in [0.05, 0.1) is 18.6 Å². The Bertz CT molecular complexity index is 492. The molecule has 2 heterocycles. The predicted octanol–water partition coefficient (Wildman–Crippen LogP) is 0.743. The van der Waals surface area contributed by atoms with Gasteiger partial charge in [-0.05, 0) is 24.6 Å². The first-order chi connectivity index (χ1) is 9.29. The third-order valence-electron chi connectivity index (χ3n) is 3.33. The minimum atomic E-state index is -0.236. The van der Waals surface area contributed by atoms with E-state index in [-0.39, 0.29) is 24.7 Å². The lowest BCUT2D eigenvalue weighted by Gasteiger charge is -2.17. The van der Waals surface area contributed by atoms with Crippen molar-refractivity contribution in [3.8, 4) is 11.5 Å². The molecular formula is C13H16N2O4. The van der Waals surface area contributed by atoms with E-state index < -0.39 is 0 Å². The zero-order valence-corrected chi connectivity index (χ0v) is 10.6. The average molecular weight is 264 g/mol. The number of hydrazine groups is 1. The minimum Gasteiger partial charge on any atom is -0.466 e. The highest BCUT2D eigenvalue weighted by Crippen LogP contribution is 2.36.